The lowest BCUT2D eigenvalue weighted by atomic mass is 10.2. The lowest BCUT2D eigenvalue weighted by Crippen LogP contribution is -2.02. The van der Waals surface area contributed by atoms with Crippen LogP contribution in [0.1, 0.15) is 11.4 Å². The molecule has 0 fully saturated rings. The van der Waals surface area contributed by atoms with E-state index in [9.17, 15) is 0 Å². The molecule has 0 amide bonds. The first-order valence-corrected chi connectivity index (χ1v) is 6.29. The highest BCUT2D eigenvalue weighted by molar-refractivity contribution is 6.30. The molecule has 5 heteroatoms. The van der Waals surface area contributed by atoms with Gasteiger partial charge in [0.2, 0.25) is 0 Å². The van der Waals surface area contributed by atoms with Crippen molar-refractivity contribution in [1.82, 2.24) is 14.6 Å². The van der Waals surface area contributed by atoms with Gasteiger partial charge in [-0.3, -0.25) is 4.40 Å². The fourth-order valence-electron chi connectivity index (χ4n) is 1.87. The SMILES string of the molecule is Cc1ccccc1OCc1nnc2cc(Cl)ccn12. The molecule has 0 N–H and O–H groups in total. The molecular formula is C14H12ClN3O. The number of para-hydroxylation sites is 1. The molecule has 0 atom stereocenters. The molecule has 0 aliphatic carbocycles. The van der Waals surface area contributed by atoms with Gasteiger partial charge in [0.05, 0.1) is 0 Å². The average Bonchev–Trinajstić information content (AvgIpc) is 2.80. The molecule has 0 aliphatic rings. The minimum Gasteiger partial charge on any atom is -0.485 e. The van der Waals surface area contributed by atoms with Gasteiger partial charge in [0.15, 0.2) is 11.5 Å². The summed E-state index contributed by atoms with van der Waals surface area (Å²) in [7, 11) is 0. The number of fused-ring (bicyclic) bond motifs is 1. The molecular weight excluding hydrogens is 262 g/mol. The summed E-state index contributed by atoms with van der Waals surface area (Å²) in [5, 5.41) is 8.82. The molecule has 2 aromatic heterocycles. The quantitative estimate of drug-likeness (QED) is 0.735. The Hall–Kier alpha value is -2.07. The van der Waals surface area contributed by atoms with Crippen LogP contribution in [-0.2, 0) is 6.61 Å². The number of ether oxygens (including phenoxy) is 1. The molecule has 3 aromatic rings. The molecule has 0 unspecified atom stereocenters. The molecule has 19 heavy (non-hydrogen) atoms. The summed E-state index contributed by atoms with van der Waals surface area (Å²) < 4.78 is 7.63. The Morgan fingerprint density at radius 2 is 2.05 bits per heavy atom. The van der Waals surface area contributed by atoms with Gasteiger partial charge >= 0.3 is 0 Å². The summed E-state index contributed by atoms with van der Waals surface area (Å²) in [6.07, 6.45) is 1.84. The minimum absolute atomic E-state index is 0.369. The fourth-order valence-corrected chi connectivity index (χ4v) is 2.03. The third-order valence-electron chi connectivity index (χ3n) is 2.89. The number of aromatic nitrogens is 3. The smallest absolute Gasteiger partial charge is 0.175 e. The standard InChI is InChI=1S/C14H12ClN3O/c1-10-4-2-3-5-12(10)19-9-14-17-16-13-8-11(15)6-7-18(13)14/h2-8H,9H2,1H3. The van der Waals surface area contributed by atoms with Gasteiger partial charge in [0, 0.05) is 17.3 Å². The lowest BCUT2D eigenvalue weighted by molar-refractivity contribution is 0.292. The molecule has 4 nitrogen and oxygen atoms in total. The molecule has 1 aromatic carbocycles. The van der Waals surface area contributed by atoms with Gasteiger partial charge in [-0.15, -0.1) is 10.2 Å². The molecule has 3 rings (SSSR count). The van der Waals surface area contributed by atoms with E-state index < -0.39 is 0 Å². The number of aryl methyl sites for hydroxylation is 1. The number of pyridine rings is 1. The molecule has 0 saturated carbocycles. The Labute approximate surface area is 115 Å². The summed E-state index contributed by atoms with van der Waals surface area (Å²) in [5.74, 6) is 1.60. The molecule has 96 valence electrons. The van der Waals surface area contributed by atoms with E-state index in [1.54, 1.807) is 12.1 Å². The predicted molar refractivity (Wildman–Crippen MR) is 73.5 cm³/mol. The average molecular weight is 274 g/mol. The van der Waals surface area contributed by atoms with Gasteiger partial charge in [-0.1, -0.05) is 29.8 Å². The van der Waals surface area contributed by atoms with Crippen LogP contribution in [0.15, 0.2) is 42.6 Å². The first-order chi connectivity index (χ1) is 9.24. The first kappa shape index (κ1) is 12.0. The van der Waals surface area contributed by atoms with Crippen LogP contribution in [0.4, 0.5) is 0 Å². The van der Waals surface area contributed by atoms with Gasteiger partial charge < -0.3 is 4.74 Å². The second-order valence-corrected chi connectivity index (χ2v) is 4.68. The third kappa shape index (κ3) is 2.39. The van der Waals surface area contributed by atoms with Crippen molar-refractivity contribution in [2.75, 3.05) is 0 Å². The minimum atomic E-state index is 0.369. The predicted octanol–water partition coefficient (Wildman–Crippen LogP) is 3.27. The molecule has 0 spiro atoms. The molecule has 0 bridgehead atoms. The zero-order valence-corrected chi connectivity index (χ0v) is 11.1. The Morgan fingerprint density at radius 1 is 1.21 bits per heavy atom. The Morgan fingerprint density at radius 3 is 2.89 bits per heavy atom. The monoisotopic (exact) mass is 273 g/mol. The number of rotatable bonds is 3. The summed E-state index contributed by atoms with van der Waals surface area (Å²) >= 11 is 5.91. The van der Waals surface area contributed by atoms with E-state index >= 15 is 0 Å². The maximum Gasteiger partial charge on any atom is 0.175 e. The highest BCUT2D eigenvalue weighted by Crippen LogP contribution is 2.18. The zero-order valence-electron chi connectivity index (χ0n) is 10.4. The van der Waals surface area contributed by atoms with E-state index in [4.69, 9.17) is 16.3 Å². The van der Waals surface area contributed by atoms with Gasteiger partial charge in [-0.25, -0.2) is 0 Å². The van der Waals surface area contributed by atoms with Crippen LogP contribution in [0.25, 0.3) is 5.65 Å². The first-order valence-electron chi connectivity index (χ1n) is 5.91. The van der Waals surface area contributed by atoms with E-state index in [1.165, 1.54) is 0 Å². The van der Waals surface area contributed by atoms with Crippen molar-refractivity contribution in [2.45, 2.75) is 13.5 Å². The van der Waals surface area contributed by atoms with Crippen molar-refractivity contribution in [3.05, 3.63) is 59.0 Å². The lowest BCUT2D eigenvalue weighted by Gasteiger charge is -2.07. The van der Waals surface area contributed by atoms with E-state index in [0.29, 0.717) is 11.6 Å². The number of halogens is 1. The highest BCUT2D eigenvalue weighted by Gasteiger charge is 2.07. The highest BCUT2D eigenvalue weighted by atomic mass is 35.5. The van der Waals surface area contributed by atoms with Crippen LogP contribution in [0.3, 0.4) is 0 Å². The number of hydrogen-bond acceptors (Lipinski definition) is 3. The summed E-state index contributed by atoms with van der Waals surface area (Å²) in [6.45, 7) is 2.38. The van der Waals surface area contributed by atoms with E-state index in [2.05, 4.69) is 10.2 Å². The van der Waals surface area contributed by atoms with E-state index in [-0.39, 0.29) is 0 Å². The molecule has 0 radical (unpaired) electrons. The van der Waals surface area contributed by atoms with Gasteiger partial charge in [0.25, 0.3) is 0 Å². The van der Waals surface area contributed by atoms with Crippen LogP contribution in [0, 0.1) is 6.92 Å². The van der Waals surface area contributed by atoms with Crippen molar-refractivity contribution >= 4 is 17.2 Å². The van der Waals surface area contributed by atoms with Gasteiger partial charge in [-0.2, -0.15) is 0 Å². The second-order valence-electron chi connectivity index (χ2n) is 4.24. The number of hydrogen-bond donors (Lipinski definition) is 0. The summed E-state index contributed by atoms with van der Waals surface area (Å²) in [6, 6.07) is 11.5. The maximum atomic E-state index is 5.91. The largest absolute Gasteiger partial charge is 0.485 e. The van der Waals surface area contributed by atoms with Crippen molar-refractivity contribution in [3.8, 4) is 5.75 Å². The van der Waals surface area contributed by atoms with Crippen LogP contribution in [-0.4, -0.2) is 14.6 Å². The zero-order chi connectivity index (χ0) is 13.2. The van der Waals surface area contributed by atoms with Crippen LogP contribution >= 0.6 is 11.6 Å². The van der Waals surface area contributed by atoms with Crippen molar-refractivity contribution < 1.29 is 4.74 Å². The molecule has 0 saturated heterocycles. The van der Waals surface area contributed by atoms with Crippen molar-refractivity contribution in [2.24, 2.45) is 0 Å². The van der Waals surface area contributed by atoms with Gasteiger partial charge in [-0.05, 0) is 24.6 Å². The number of benzene rings is 1. The van der Waals surface area contributed by atoms with E-state index in [1.807, 2.05) is 41.8 Å². The normalized spacial score (nSPS) is 10.8. The summed E-state index contributed by atoms with van der Waals surface area (Å²) in [4.78, 5) is 0. The Balaban J connectivity index is 1.84. The van der Waals surface area contributed by atoms with Crippen LogP contribution < -0.4 is 4.74 Å². The van der Waals surface area contributed by atoms with E-state index in [0.717, 1.165) is 22.8 Å². The fraction of sp³-hybridized carbons (Fsp3) is 0.143. The molecule has 0 aliphatic heterocycles. The van der Waals surface area contributed by atoms with Crippen molar-refractivity contribution in [1.29, 1.82) is 0 Å². The Kier molecular flexibility index (Phi) is 3.09. The van der Waals surface area contributed by atoms with Crippen LogP contribution in [0.2, 0.25) is 5.02 Å². The molecule has 2 heterocycles. The third-order valence-corrected chi connectivity index (χ3v) is 3.13. The van der Waals surface area contributed by atoms with Crippen LogP contribution in [0.5, 0.6) is 5.75 Å². The summed E-state index contributed by atoms with van der Waals surface area (Å²) in [5.41, 5.74) is 1.82. The second kappa shape index (κ2) is 4.90. The Bertz CT molecular complexity index is 724. The van der Waals surface area contributed by atoms with Gasteiger partial charge in [0.1, 0.15) is 12.4 Å². The number of nitrogens with zero attached hydrogens (tertiary/aromatic N) is 3. The van der Waals surface area contributed by atoms with Crippen molar-refractivity contribution in [3.63, 3.8) is 0 Å². The topological polar surface area (TPSA) is 39.4 Å². The maximum absolute atomic E-state index is 5.91.